The van der Waals surface area contributed by atoms with Crippen LogP contribution in [0.5, 0.6) is 0 Å². The Balaban J connectivity index is 0.00000200. The zero-order valence-corrected chi connectivity index (χ0v) is 14.9. The van der Waals surface area contributed by atoms with E-state index in [-0.39, 0.29) is 30.7 Å². The number of thiazole rings is 1. The van der Waals surface area contributed by atoms with Crippen LogP contribution in [0.2, 0.25) is 0 Å². The van der Waals surface area contributed by atoms with Gasteiger partial charge in [-0.2, -0.15) is 0 Å². The van der Waals surface area contributed by atoms with Gasteiger partial charge in [0.2, 0.25) is 0 Å². The van der Waals surface area contributed by atoms with E-state index in [4.69, 9.17) is 0 Å². The summed E-state index contributed by atoms with van der Waals surface area (Å²) in [5, 5.41) is 10.8. The number of nitrogens with zero attached hydrogens (tertiary/aromatic N) is 1. The Morgan fingerprint density at radius 1 is 1.24 bits per heavy atom. The lowest BCUT2D eigenvalue weighted by Gasteiger charge is -2.04. The summed E-state index contributed by atoms with van der Waals surface area (Å²) in [7, 11) is 0. The summed E-state index contributed by atoms with van der Waals surface area (Å²) in [6, 6.07) is 4.00. The predicted molar refractivity (Wildman–Crippen MR) is 95.4 cm³/mol. The number of thiophene rings is 1. The van der Waals surface area contributed by atoms with Crippen molar-refractivity contribution < 1.29 is 4.79 Å². The molecule has 0 saturated carbocycles. The number of carbonyl (C=O) groups is 1. The maximum absolute atomic E-state index is 11.9. The highest BCUT2D eigenvalue weighted by Gasteiger charge is 2.11. The minimum absolute atomic E-state index is 0. The molecule has 0 atom stereocenters. The number of hydrogen-bond donors (Lipinski definition) is 2. The Morgan fingerprint density at radius 2 is 2.05 bits per heavy atom. The largest absolute Gasteiger partial charge is 0.349 e. The average Bonchev–Trinajstić information content (AvgIpc) is 3.08. The van der Waals surface area contributed by atoms with Crippen molar-refractivity contribution in [3.8, 4) is 9.88 Å². The van der Waals surface area contributed by atoms with Crippen LogP contribution in [0.15, 0.2) is 22.9 Å². The van der Waals surface area contributed by atoms with Crippen molar-refractivity contribution >= 4 is 53.4 Å². The van der Waals surface area contributed by atoms with Crippen molar-refractivity contribution in [1.29, 1.82) is 0 Å². The van der Waals surface area contributed by atoms with Crippen molar-refractivity contribution in [2.75, 3.05) is 19.6 Å². The molecule has 0 aliphatic rings. The highest BCUT2D eigenvalue weighted by Crippen LogP contribution is 2.27. The summed E-state index contributed by atoms with van der Waals surface area (Å²) in [5.41, 5.74) is 0.504. The molecule has 0 saturated heterocycles. The fourth-order valence-electron chi connectivity index (χ4n) is 1.55. The smallest absolute Gasteiger partial charge is 0.270 e. The molecule has 2 N–H and O–H groups in total. The molecule has 0 spiro atoms. The van der Waals surface area contributed by atoms with Crippen LogP contribution in [-0.2, 0) is 0 Å². The number of hydrogen-bond acceptors (Lipinski definition) is 5. The maximum atomic E-state index is 11.9. The molecular weight excluding hydrogens is 349 g/mol. The van der Waals surface area contributed by atoms with Gasteiger partial charge in [0.15, 0.2) is 0 Å². The molecule has 21 heavy (non-hydrogen) atoms. The van der Waals surface area contributed by atoms with Crippen LogP contribution in [0.4, 0.5) is 0 Å². The van der Waals surface area contributed by atoms with E-state index in [1.165, 1.54) is 11.3 Å². The summed E-state index contributed by atoms with van der Waals surface area (Å²) in [6.07, 6.45) is 1.10. The Hall–Kier alpha value is -0.660. The molecule has 0 unspecified atom stereocenters. The third-order valence-corrected chi connectivity index (χ3v) is 4.36. The predicted octanol–water partition coefficient (Wildman–Crippen LogP) is 3.44. The van der Waals surface area contributed by atoms with E-state index in [0.717, 1.165) is 29.4 Å². The van der Waals surface area contributed by atoms with E-state index in [2.05, 4.69) is 22.5 Å². The van der Waals surface area contributed by atoms with Crippen LogP contribution < -0.4 is 10.6 Å². The summed E-state index contributed by atoms with van der Waals surface area (Å²) in [5.74, 6) is -0.0997. The lowest BCUT2D eigenvalue weighted by Crippen LogP contribution is -2.32. The second-order valence-electron chi connectivity index (χ2n) is 4.02. The highest BCUT2D eigenvalue weighted by molar-refractivity contribution is 7.20. The normalized spacial score (nSPS) is 9.57. The first-order valence-electron chi connectivity index (χ1n) is 6.29. The monoisotopic (exact) mass is 367 g/mol. The van der Waals surface area contributed by atoms with Crippen LogP contribution in [0.1, 0.15) is 23.8 Å². The number of halogens is 2. The first-order valence-corrected chi connectivity index (χ1v) is 8.05. The van der Waals surface area contributed by atoms with Crippen LogP contribution in [-0.4, -0.2) is 30.5 Å². The Morgan fingerprint density at radius 3 is 2.71 bits per heavy atom. The molecule has 0 fully saturated rings. The number of nitrogens with one attached hydrogen (secondary N) is 2. The average molecular weight is 368 g/mol. The molecule has 0 radical (unpaired) electrons. The van der Waals surface area contributed by atoms with E-state index < -0.39 is 0 Å². The van der Waals surface area contributed by atoms with Crippen molar-refractivity contribution in [2.45, 2.75) is 13.3 Å². The molecule has 8 heteroatoms. The van der Waals surface area contributed by atoms with E-state index >= 15 is 0 Å². The highest BCUT2D eigenvalue weighted by atomic mass is 35.5. The fourth-order valence-corrected chi connectivity index (χ4v) is 3.16. The van der Waals surface area contributed by atoms with Gasteiger partial charge in [-0.25, -0.2) is 4.98 Å². The first kappa shape index (κ1) is 20.3. The molecule has 2 aromatic heterocycles. The van der Waals surface area contributed by atoms with Crippen molar-refractivity contribution in [1.82, 2.24) is 15.6 Å². The Bertz CT molecular complexity index is 517. The van der Waals surface area contributed by atoms with E-state index in [1.807, 2.05) is 22.9 Å². The van der Waals surface area contributed by atoms with Gasteiger partial charge in [0, 0.05) is 18.5 Å². The van der Waals surface area contributed by atoms with Crippen LogP contribution >= 0.6 is 47.5 Å². The quantitative estimate of drug-likeness (QED) is 0.736. The van der Waals surface area contributed by atoms with Crippen LogP contribution in [0, 0.1) is 0 Å². The van der Waals surface area contributed by atoms with Gasteiger partial charge >= 0.3 is 0 Å². The molecule has 0 aromatic carbocycles. The van der Waals surface area contributed by atoms with Crippen molar-refractivity contribution in [3.05, 3.63) is 28.6 Å². The molecular formula is C13H19Cl2N3OS2. The lowest BCUT2D eigenvalue weighted by molar-refractivity contribution is 0.0950. The second kappa shape index (κ2) is 11.0. The number of aromatic nitrogens is 1. The van der Waals surface area contributed by atoms with Gasteiger partial charge in [-0.15, -0.1) is 47.5 Å². The molecule has 2 heterocycles. The summed E-state index contributed by atoms with van der Waals surface area (Å²) in [6.45, 7) is 4.52. The van der Waals surface area contributed by atoms with Crippen molar-refractivity contribution in [2.24, 2.45) is 0 Å². The molecule has 0 aliphatic carbocycles. The topological polar surface area (TPSA) is 54.0 Å². The summed E-state index contributed by atoms with van der Waals surface area (Å²) < 4.78 is 0. The van der Waals surface area contributed by atoms with Gasteiger partial charge in [0.25, 0.3) is 5.91 Å². The van der Waals surface area contributed by atoms with E-state index in [0.29, 0.717) is 12.2 Å². The van der Waals surface area contributed by atoms with Gasteiger partial charge in [-0.3, -0.25) is 4.79 Å². The second-order valence-corrected chi connectivity index (χ2v) is 5.83. The zero-order valence-electron chi connectivity index (χ0n) is 11.6. The molecule has 2 aromatic rings. The molecule has 0 aliphatic heterocycles. The minimum Gasteiger partial charge on any atom is -0.349 e. The summed E-state index contributed by atoms with van der Waals surface area (Å²) in [4.78, 5) is 17.3. The molecule has 1 amide bonds. The number of carbonyl (C=O) groups excluding carboxylic acids is 1. The molecule has 2 rings (SSSR count). The first-order chi connectivity index (χ1) is 9.31. The summed E-state index contributed by atoms with van der Waals surface area (Å²) >= 11 is 3.14. The Kier molecular flexibility index (Phi) is 10.6. The van der Waals surface area contributed by atoms with Gasteiger partial charge < -0.3 is 10.6 Å². The SMILES string of the molecule is CCCNCCNC(=O)c1csc(-c2cccs2)n1.Cl.Cl. The third kappa shape index (κ3) is 6.32. The molecule has 4 nitrogen and oxygen atoms in total. The van der Waals surface area contributed by atoms with E-state index in [9.17, 15) is 4.79 Å². The third-order valence-electron chi connectivity index (χ3n) is 2.48. The lowest BCUT2D eigenvalue weighted by atomic mass is 10.4. The number of amides is 1. The van der Waals surface area contributed by atoms with Crippen LogP contribution in [0.25, 0.3) is 9.88 Å². The van der Waals surface area contributed by atoms with Gasteiger partial charge in [-0.05, 0) is 24.4 Å². The molecule has 118 valence electrons. The zero-order chi connectivity index (χ0) is 13.5. The standard InChI is InChI=1S/C13H17N3OS2.2ClH/c1-2-5-14-6-7-15-12(17)10-9-19-13(16-10)11-4-3-8-18-11;;/h3-4,8-9,14H,2,5-7H2,1H3,(H,15,17);2*1H. The van der Waals surface area contributed by atoms with Gasteiger partial charge in [-0.1, -0.05) is 13.0 Å². The van der Waals surface area contributed by atoms with Crippen molar-refractivity contribution in [3.63, 3.8) is 0 Å². The number of rotatable bonds is 7. The Labute approximate surface area is 145 Å². The van der Waals surface area contributed by atoms with Crippen LogP contribution in [0.3, 0.4) is 0 Å². The minimum atomic E-state index is -0.0997. The molecule has 0 bridgehead atoms. The van der Waals surface area contributed by atoms with Gasteiger partial charge in [0.1, 0.15) is 10.7 Å². The maximum Gasteiger partial charge on any atom is 0.270 e. The van der Waals surface area contributed by atoms with E-state index in [1.54, 1.807) is 11.3 Å². The van der Waals surface area contributed by atoms with Gasteiger partial charge in [0.05, 0.1) is 4.88 Å². The fraction of sp³-hybridized carbons (Fsp3) is 0.385.